The van der Waals surface area contributed by atoms with Crippen molar-refractivity contribution in [1.82, 2.24) is 30.5 Å². The van der Waals surface area contributed by atoms with Gasteiger partial charge in [-0.3, -0.25) is 9.59 Å². The lowest BCUT2D eigenvalue weighted by atomic mass is 10.1. The van der Waals surface area contributed by atoms with Gasteiger partial charge in [-0.1, -0.05) is 42.1 Å². The fourth-order valence-electron chi connectivity index (χ4n) is 3.45. The molecule has 6 N–H and O–H groups in total. The van der Waals surface area contributed by atoms with E-state index in [1.54, 1.807) is 12.1 Å². The highest BCUT2D eigenvalue weighted by Gasteiger charge is 2.21. The van der Waals surface area contributed by atoms with Crippen molar-refractivity contribution in [3.8, 4) is 0 Å². The SMILES string of the molecule is Nc1nc(SCc2ccccc2)c2nc(CNc3ccc(C(=O)NC(CCC(=O)O)C(=O)O)cc3)nnc2n1. The number of carboxylic acid groups (broad SMARTS) is 2. The zero-order valence-corrected chi connectivity index (χ0v) is 21.3. The molecule has 0 fully saturated rings. The minimum Gasteiger partial charge on any atom is -0.481 e. The van der Waals surface area contributed by atoms with E-state index in [1.165, 1.54) is 23.9 Å². The Labute approximate surface area is 226 Å². The lowest BCUT2D eigenvalue weighted by Gasteiger charge is -2.14. The number of fused-ring (bicyclic) bond motifs is 1. The Morgan fingerprint density at radius 3 is 2.38 bits per heavy atom. The highest BCUT2D eigenvalue weighted by atomic mass is 32.2. The van der Waals surface area contributed by atoms with E-state index in [0.717, 1.165) is 5.56 Å². The number of amides is 1. The molecule has 0 aliphatic carbocycles. The van der Waals surface area contributed by atoms with Crippen LogP contribution in [0.3, 0.4) is 0 Å². The summed E-state index contributed by atoms with van der Waals surface area (Å²) >= 11 is 1.47. The highest BCUT2D eigenvalue weighted by Crippen LogP contribution is 2.26. The molecule has 14 heteroatoms. The molecular formula is C25H24N8O5S. The zero-order valence-electron chi connectivity index (χ0n) is 20.4. The van der Waals surface area contributed by atoms with Gasteiger partial charge >= 0.3 is 11.9 Å². The first kappa shape index (κ1) is 27.2. The van der Waals surface area contributed by atoms with E-state index in [-0.39, 0.29) is 30.9 Å². The molecule has 0 saturated heterocycles. The molecule has 0 saturated carbocycles. The first-order valence-electron chi connectivity index (χ1n) is 11.7. The Morgan fingerprint density at radius 1 is 0.949 bits per heavy atom. The van der Waals surface area contributed by atoms with E-state index in [2.05, 4.69) is 35.8 Å². The molecule has 1 atom stereocenters. The molecule has 200 valence electrons. The molecule has 13 nitrogen and oxygen atoms in total. The number of hydrogen-bond donors (Lipinski definition) is 5. The van der Waals surface area contributed by atoms with Crippen LogP contribution in [0.1, 0.15) is 34.6 Å². The van der Waals surface area contributed by atoms with Crippen LogP contribution in [0.2, 0.25) is 0 Å². The van der Waals surface area contributed by atoms with Crippen molar-refractivity contribution in [3.63, 3.8) is 0 Å². The van der Waals surface area contributed by atoms with E-state index in [0.29, 0.717) is 33.5 Å². The second-order valence-corrected chi connectivity index (χ2v) is 9.25. The smallest absolute Gasteiger partial charge is 0.326 e. The van der Waals surface area contributed by atoms with Gasteiger partial charge in [-0.05, 0) is 36.2 Å². The van der Waals surface area contributed by atoms with Gasteiger partial charge in [-0.15, -0.1) is 10.2 Å². The summed E-state index contributed by atoms with van der Waals surface area (Å²) < 4.78 is 0. The van der Waals surface area contributed by atoms with Crippen molar-refractivity contribution in [2.75, 3.05) is 11.1 Å². The molecule has 0 bridgehead atoms. The third kappa shape index (κ3) is 7.58. The van der Waals surface area contributed by atoms with Crippen molar-refractivity contribution in [1.29, 1.82) is 0 Å². The summed E-state index contributed by atoms with van der Waals surface area (Å²) in [4.78, 5) is 47.5. The molecule has 2 aromatic heterocycles. The second-order valence-electron chi connectivity index (χ2n) is 8.29. The Hall–Kier alpha value is -4.85. The Balaban J connectivity index is 1.40. The third-order valence-electron chi connectivity index (χ3n) is 5.42. The van der Waals surface area contributed by atoms with Crippen LogP contribution in [0.4, 0.5) is 11.6 Å². The Morgan fingerprint density at radius 2 is 1.69 bits per heavy atom. The molecule has 0 aliphatic rings. The monoisotopic (exact) mass is 548 g/mol. The minimum atomic E-state index is -1.31. The maximum absolute atomic E-state index is 12.4. The van der Waals surface area contributed by atoms with Gasteiger partial charge in [0.05, 0.1) is 6.54 Å². The predicted molar refractivity (Wildman–Crippen MR) is 143 cm³/mol. The molecule has 2 heterocycles. The standard InChI is InChI=1S/C25H24N8O5S/c26-25-30-21-20(23(31-25)39-13-14-4-2-1-3-5-14)29-18(32-33-21)12-27-16-8-6-15(7-9-16)22(36)28-17(24(37)38)10-11-19(34)35/h1-9,17,27H,10-13H2,(H,28,36)(H,34,35)(H,37,38)(H2,26,30,31,33). The Bertz CT molecular complexity index is 1490. The molecule has 39 heavy (non-hydrogen) atoms. The minimum absolute atomic E-state index is 0.0840. The van der Waals surface area contributed by atoms with E-state index < -0.39 is 23.9 Å². The van der Waals surface area contributed by atoms with Gasteiger partial charge in [-0.25, -0.2) is 14.8 Å². The largest absolute Gasteiger partial charge is 0.481 e. The van der Waals surface area contributed by atoms with Crippen LogP contribution in [0.25, 0.3) is 11.2 Å². The predicted octanol–water partition coefficient (Wildman–Crippen LogP) is 2.35. The van der Waals surface area contributed by atoms with E-state index in [1.807, 2.05) is 30.3 Å². The number of nitrogen functional groups attached to an aromatic ring is 1. The lowest BCUT2D eigenvalue weighted by Crippen LogP contribution is -2.41. The number of aromatic nitrogens is 5. The maximum atomic E-state index is 12.4. The first-order chi connectivity index (χ1) is 18.8. The summed E-state index contributed by atoms with van der Waals surface area (Å²) in [6.07, 6.45) is -0.599. The van der Waals surface area contributed by atoms with Crippen molar-refractivity contribution in [3.05, 3.63) is 71.5 Å². The van der Waals surface area contributed by atoms with Crippen LogP contribution >= 0.6 is 11.8 Å². The van der Waals surface area contributed by atoms with Gasteiger partial charge in [0.15, 0.2) is 5.82 Å². The summed E-state index contributed by atoms with van der Waals surface area (Å²) in [5.41, 5.74) is 8.62. The molecule has 1 unspecified atom stereocenters. The quantitative estimate of drug-likeness (QED) is 0.127. The fraction of sp³-hybridized carbons (Fsp3) is 0.200. The van der Waals surface area contributed by atoms with Crippen LogP contribution in [0.15, 0.2) is 59.6 Å². The number of carbonyl (C=O) groups excluding carboxylic acids is 1. The van der Waals surface area contributed by atoms with E-state index in [9.17, 15) is 19.5 Å². The molecule has 2 aromatic carbocycles. The summed E-state index contributed by atoms with van der Waals surface area (Å²) in [6.45, 7) is 0.220. The summed E-state index contributed by atoms with van der Waals surface area (Å²) in [6, 6.07) is 14.9. The second kappa shape index (κ2) is 12.6. The molecule has 0 radical (unpaired) electrons. The topological polar surface area (TPSA) is 206 Å². The van der Waals surface area contributed by atoms with Crippen LogP contribution in [0.5, 0.6) is 0 Å². The van der Waals surface area contributed by atoms with Crippen LogP contribution in [0, 0.1) is 0 Å². The van der Waals surface area contributed by atoms with Gasteiger partial charge in [0, 0.05) is 23.4 Å². The van der Waals surface area contributed by atoms with Crippen molar-refractivity contribution in [2.45, 2.75) is 36.2 Å². The molecule has 4 aromatic rings. The summed E-state index contributed by atoms with van der Waals surface area (Å²) in [5.74, 6) is -1.93. The number of nitrogens with one attached hydrogen (secondary N) is 2. The molecule has 0 spiro atoms. The number of thioether (sulfide) groups is 1. The average molecular weight is 549 g/mol. The molecule has 0 aliphatic heterocycles. The molecule has 4 rings (SSSR count). The Kier molecular flexibility index (Phi) is 8.78. The van der Waals surface area contributed by atoms with Crippen molar-refractivity contribution in [2.24, 2.45) is 0 Å². The van der Waals surface area contributed by atoms with Gasteiger partial charge in [-0.2, -0.15) is 4.98 Å². The highest BCUT2D eigenvalue weighted by molar-refractivity contribution is 7.98. The van der Waals surface area contributed by atoms with Gasteiger partial charge in [0.1, 0.15) is 16.6 Å². The van der Waals surface area contributed by atoms with E-state index >= 15 is 0 Å². The number of nitrogens with zero attached hydrogens (tertiary/aromatic N) is 5. The van der Waals surface area contributed by atoms with Crippen LogP contribution in [-0.2, 0) is 21.9 Å². The first-order valence-corrected chi connectivity index (χ1v) is 12.7. The lowest BCUT2D eigenvalue weighted by molar-refractivity contribution is -0.140. The zero-order chi connectivity index (χ0) is 27.8. The fourth-order valence-corrected chi connectivity index (χ4v) is 4.38. The van der Waals surface area contributed by atoms with Gasteiger partial charge in [0.25, 0.3) is 5.91 Å². The number of anilines is 2. The summed E-state index contributed by atoms with van der Waals surface area (Å²) in [5, 5.41) is 32.3. The van der Waals surface area contributed by atoms with Crippen LogP contribution in [-0.4, -0.2) is 59.2 Å². The average Bonchev–Trinajstić information content (AvgIpc) is 2.93. The normalized spacial score (nSPS) is 11.6. The maximum Gasteiger partial charge on any atom is 0.326 e. The number of rotatable bonds is 12. The van der Waals surface area contributed by atoms with Crippen molar-refractivity contribution < 1.29 is 24.6 Å². The molecule has 1 amide bonds. The van der Waals surface area contributed by atoms with Crippen LogP contribution < -0.4 is 16.4 Å². The number of nitrogens with two attached hydrogens (primary N) is 1. The number of hydrogen-bond acceptors (Lipinski definition) is 11. The number of carboxylic acids is 2. The van der Waals surface area contributed by atoms with Gasteiger partial charge in [0.2, 0.25) is 11.6 Å². The van der Waals surface area contributed by atoms with Gasteiger partial charge < -0.3 is 26.6 Å². The van der Waals surface area contributed by atoms with Crippen molar-refractivity contribution >= 4 is 52.4 Å². The summed E-state index contributed by atoms with van der Waals surface area (Å²) in [7, 11) is 0. The number of benzene rings is 2. The number of carbonyl (C=O) groups is 3. The molecular weight excluding hydrogens is 524 g/mol. The van der Waals surface area contributed by atoms with E-state index in [4.69, 9.17) is 10.8 Å². The third-order valence-corrected chi connectivity index (χ3v) is 6.45. The number of aliphatic carboxylic acids is 2.